The summed E-state index contributed by atoms with van der Waals surface area (Å²) in [6.07, 6.45) is 3.30. The van der Waals surface area contributed by atoms with Crippen molar-refractivity contribution in [2.24, 2.45) is 0 Å². The first kappa shape index (κ1) is 11.7. The van der Waals surface area contributed by atoms with Crippen LogP contribution in [-0.2, 0) is 13.0 Å². The van der Waals surface area contributed by atoms with Gasteiger partial charge >= 0.3 is 0 Å². The van der Waals surface area contributed by atoms with Crippen molar-refractivity contribution in [2.75, 3.05) is 6.54 Å². The van der Waals surface area contributed by atoms with Gasteiger partial charge in [0.25, 0.3) is 0 Å². The van der Waals surface area contributed by atoms with Crippen LogP contribution in [-0.4, -0.2) is 21.7 Å². The highest BCUT2D eigenvalue weighted by Gasteiger charge is 1.99. The zero-order valence-electron chi connectivity index (χ0n) is 9.49. The fourth-order valence-electron chi connectivity index (χ4n) is 1.60. The molecule has 2 N–H and O–H groups in total. The third-order valence-corrected chi connectivity index (χ3v) is 2.51. The lowest BCUT2D eigenvalue weighted by atomic mass is 10.2. The van der Waals surface area contributed by atoms with Crippen LogP contribution in [0.15, 0.2) is 30.6 Å². The van der Waals surface area contributed by atoms with E-state index in [4.69, 9.17) is 0 Å². The van der Waals surface area contributed by atoms with E-state index in [1.54, 1.807) is 12.1 Å². The summed E-state index contributed by atoms with van der Waals surface area (Å²) in [4.78, 5) is 4.03. The van der Waals surface area contributed by atoms with Gasteiger partial charge in [-0.25, -0.2) is 9.37 Å². The normalized spacial score (nSPS) is 10.6. The number of hydrogen-bond acceptors (Lipinski definition) is 3. The molecule has 1 aromatic carbocycles. The zero-order valence-corrected chi connectivity index (χ0v) is 9.49. The fraction of sp³-hybridized carbons (Fsp3) is 0.333. The molecule has 0 aliphatic heterocycles. The van der Waals surface area contributed by atoms with Crippen LogP contribution >= 0.6 is 0 Å². The predicted octanol–water partition coefficient (Wildman–Crippen LogP) is 1.67. The topological polar surface area (TPSA) is 53.6 Å². The van der Waals surface area contributed by atoms with Gasteiger partial charge in [-0.3, -0.25) is 5.10 Å². The number of nitrogens with zero attached hydrogens (tertiary/aromatic N) is 2. The molecular weight excluding hydrogens is 219 g/mol. The van der Waals surface area contributed by atoms with Crippen molar-refractivity contribution in [3.8, 4) is 0 Å². The highest BCUT2D eigenvalue weighted by Crippen LogP contribution is 2.05. The number of aromatic nitrogens is 3. The van der Waals surface area contributed by atoms with E-state index in [0.29, 0.717) is 12.1 Å². The van der Waals surface area contributed by atoms with Crippen molar-refractivity contribution in [2.45, 2.75) is 19.4 Å². The Bertz CT molecular complexity index is 442. The Morgan fingerprint density at radius 3 is 2.94 bits per heavy atom. The molecule has 0 radical (unpaired) electrons. The fourth-order valence-corrected chi connectivity index (χ4v) is 1.60. The van der Waals surface area contributed by atoms with E-state index >= 15 is 0 Å². The molecule has 0 saturated heterocycles. The van der Waals surface area contributed by atoms with Crippen LogP contribution in [0.25, 0.3) is 0 Å². The van der Waals surface area contributed by atoms with E-state index in [9.17, 15) is 4.39 Å². The van der Waals surface area contributed by atoms with Crippen LogP contribution in [0.2, 0.25) is 0 Å². The first-order valence-corrected chi connectivity index (χ1v) is 5.64. The van der Waals surface area contributed by atoms with Crippen molar-refractivity contribution >= 4 is 0 Å². The number of rotatable bonds is 6. The molecular formula is C12H15FN4. The highest BCUT2D eigenvalue weighted by molar-refractivity contribution is 5.16. The molecule has 0 unspecified atom stereocenters. The molecule has 1 heterocycles. The van der Waals surface area contributed by atoms with Crippen molar-refractivity contribution in [3.63, 3.8) is 0 Å². The minimum absolute atomic E-state index is 0.157. The maximum absolute atomic E-state index is 13.3. The number of nitrogens with one attached hydrogen (secondary N) is 2. The number of H-pyrrole nitrogens is 1. The van der Waals surface area contributed by atoms with Crippen molar-refractivity contribution in [3.05, 3.63) is 47.8 Å². The average Bonchev–Trinajstić information content (AvgIpc) is 2.84. The molecule has 4 nitrogen and oxygen atoms in total. The van der Waals surface area contributed by atoms with Gasteiger partial charge in [0.15, 0.2) is 0 Å². The lowest BCUT2D eigenvalue weighted by Crippen LogP contribution is -2.16. The predicted molar refractivity (Wildman–Crippen MR) is 62.8 cm³/mol. The van der Waals surface area contributed by atoms with Gasteiger partial charge in [-0.2, -0.15) is 5.10 Å². The molecule has 0 atom stereocenters. The van der Waals surface area contributed by atoms with Crippen LogP contribution < -0.4 is 5.32 Å². The van der Waals surface area contributed by atoms with Crippen LogP contribution in [0.3, 0.4) is 0 Å². The number of halogens is 1. The van der Waals surface area contributed by atoms with Gasteiger partial charge in [0.05, 0.1) is 0 Å². The summed E-state index contributed by atoms with van der Waals surface area (Å²) in [5.41, 5.74) is 0.701. The summed E-state index contributed by atoms with van der Waals surface area (Å²) in [5, 5.41) is 9.78. The van der Waals surface area contributed by atoms with Gasteiger partial charge in [-0.05, 0) is 19.0 Å². The molecule has 0 saturated carbocycles. The van der Waals surface area contributed by atoms with E-state index in [2.05, 4.69) is 20.5 Å². The smallest absolute Gasteiger partial charge is 0.137 e. The second-order valence-electron chi connectivity index (χ2n) is 3.80. The summed E-state index contributed by atoms with van der Waals surface area (Å²) >= 11 is 0. The van der Waals surface area contributed by atoms with Gasteiger partial charge in [0.2, 0.25) is 0 Å². The van der Waals surface area contributed by atoms with Crippen LogP contribution in [0, 0.1) is 5.82 Å². The van der Waals surface area contributed by atoms with E-state index in [0.717, 1.165) is 25.2 Å². The summed E-state index contributed by atoms with van der Waals surface area (Å²) in [6, 6.07) is 6.81. The van der Waals surface area contributed by atoms with Crippen molar-refractivity contribution in [1.82, 2.24) is 20.5 Å². The number of aryl methyl sites for hydroxylation is 1. The third kappa shape index (κ3) is 3.64. The SMILES string of the molecule is Fc1ccccc1CNCCCc1ncn[nH]1. The molecule has 2 rings (SSSR count). The van der Waals surface area contributed by atoms with Gasteiger partial charge in [-0.15, -0.1) is 0 Å². The maximum Gasteiger partial charge on any atom is 0.137 e. The Kier molecular flexibility index (Phi) is 4.21. The average molecular weight is 234 g/mol. The molecule has 2 aromatic rings. The molecule has 0 aliphatic rings. The molecule has 0 fully saturated rings. The Balaban J connectivity index is 1.65. The van der Waals surface area contributed by atoms with Gasteiger partial charge in [0.1, 0.15) is 18.0 Å². The van der Waals surface area contributed by atoms with Gasteiger partial charge in [-0.1, -0.05) is 18.2 Å². The lowest BCUT2D eigenvalue weighted by molar-refractivity contribution is 0.580. The van der Waals surface area contributed by atoms with Crippen molar-refractivity contribution in [1.29, 1.82) is 0 Å². The quantitative estimate of drug-likeness (QED) is 0.747. The molecule has 0 bridgehead atoms. The third-order valence-electron chi connectivity index (χ3n) is 2.51. The minimum atomic E-state index is -0.157. The van der Waals surface area contributed by atoms with E-state index < -0.39 is 0 Å². The van der Waals surface area contributed by atoms with E-state index in [-0.39, 0.29) is 5.82 Å². The molecule has 17 heavy (non-hydrogen) atoms. The van der Waals surface area contributed by atoms with Gasteiger partial charge in [0, 0.05) is 18.5 Å². The van der Waals surface area contributed by atoms with Crippen LogP contribution in [0.1, 0.15) is 17.8 Å². The molecule has 90 valence electrons. The molecule has 1 aromatic heterocycles. The summed E-state index contributed by atoms with van der Waals surface area (Å²) in [6.45, 7) is 1.39. The summed E-state index contributed by atoms with van der Waals surface area (Å²) in [5.74, 6) is 0.730. The standard InChI is InChI=1S/C12H15FN4/c13-11-5-2-1-4-10(11)8-14-7-3-6-12-15-9-16-17-12/h1-2,4-5,9,14H,3,6-8H2,(H,15,16,17). The zero-order chi connectivity index (χ0) is 11.9. The van der Waals surface area contributed by atoms with Crippen molar-refractivity contribution < 1.29 is 4.39 Å². The highest BCUT2D eigenvalue weighted by atomic mass is 19.1. The first-order valence-electron chi connectivity index (χ1n) is 5.64. The summed E-state index contributed by atoms with van der Waals surface area (Å²) in [7, 11) is 0. The summed E-state index contributed by atoms with van der Waals surface area (Å²) < 4.78 is 13.3. The second kappa shape index (κ2) is 6.10. The lowest BCUT2D eigenvalue weighted by Gasteiger charge is -2.04. The van der Waals surface area contributed by atoms with Crippen LogP contribution in [0.5, 0.6) is 0 Å². The van der Waals surface area contributed by atoms with E-state index in [1.807, 2.05) is 6.07 Å². The second-order valence-corrected chi connectivity index (χ2v) is 3.80. The molecule has 0 spiro atoms. The minimum Gasteiger partial charge on any atom is -0.313 e. The molecule has 0 aliphatic carbocycles. The van der Waals surface area contributed by atoms with E-state index in [1.165, 1.54) is 12.4 Å². The monoisotopic (exact) mass is 234 g/mol. The maximum atomic E-state index is 13.3. The first-order chi connectivity index (χ1) is 8.36. The number of benzene rings is 1. The Morgan fingerprint density at radius 2 is 2.18 bits per heavy atom. The molecule has 5 heteroatoms. The number of hydrogen-bond donors (Lipinski definition) is 2. The Labute approximate surface area is 99.3 Å². The Morgan fingerprint density at radius 1 is 1.29 bits per heavy atom. The largest absolute Gasteiger partial charge is 0.313 e. The van der Waals surface area contributed by atoms with Crippen LogP contribution in [0.4, 0.5) is 4.39 Å². The Hall–Kier alpha value is -1.75. The molecule has 0 amide bonds. The van der Waals surface area contributed by atoms with Gasteiger partial charge < -0.3 is 5.32 Å². The number of aromatic amines is 1.